The number of aromatic nitrogens is 1. The smallest absolute Gasteiger partial charge is 0.0513 e. The van der Waals surface area contributed by atoms with Crippen molar-refractivity contribution < 1.29 is 0 Å². The van der Waals surface area contributed by atoms with E-state index in [4.69, 9.17) is 4.98 Å². The summed E-state index contributed by atoms with van der Waals surface area (Å²) in [6.45, 7) is 2.53. The Morgan fingerprint density at radius 1 is 0.864 bits per heavy atom. The average Bonchev–Trinajstić information content (AvgIpc) is 2.62. The van der Waals surface area contributed by atoms with Crippen LogP contribution in [0.25, 0.3) is 10.8 Å². The predicted molar refractivity (Wildman–Crippen MR) is 92.2 cm³/mol. The zero-order valence-electron chi connectivity index (χ0n) is 13.4. The minimum absolute atomic E-state index is 0.644. The molecule has 22 heavy (non-hydrogen) atoms. The Morgan fingerprint density at radius 3 is 2.45 bits per heavy atom. The van der Waals surface area contributed by atoms with Crippen LogP contribution in [0.15, 0.2) is 36.5 Å². The van der Waals surface area contributed by atoms with Crippen molar-refractivity contribution >= 4 is 10.8 Å². The van der Waals surface area contributed by atoms with E-state index in [1.165, 1.54) is 74.5 Å². The molecular weight excluding hydrogens is 268 g/mol. The minimum atomic E-state index is 0.644. The van der Waals surface area contributed by atoms with Crippen molar-refractivity contribution in [2.45, 2.75) is 56.9 Å². The molecule has 0 spiro atoms. The highest BCUT2D eigenvalue weighted by atomic mass is 15.2. The van der Waals surface area contributed by atoms with Crippen molar-refractivity contribution in [2.75, 3.05) is 13.1 Å². The van der Waals surface area contributed by atoms with Crippen LogP contribution in [-0.2, 0) is 0 Å². The molecule has 0 atom stereocenters. The van der Waals surface area contributed by atoms with Gasteiger partial charge in [-0.25, -0.2) is 0 Å². The van der Waals surface area contributed by atoms with E-state index < -0.39 is 0 Å². The van der Waals surface area contributed by atoms with Crippen LogP contribution in [0.5, 0.6) is 0 Å². The lowest BCUT2D eigenvalue weighted by Crippen LogP contribution is -2.42. The lowest BCUT2D eigenvalue weighted by Gasteiger charge is -2.39. The van der Waals surface area contributed by atoms with Crippen molar-refractivity contribution in [3.63, 3.8) is 0 Å². The topological polar surface area (TPSA) is 16.1 Å². The summed E-state index contributed by atoms with van der Waals surface area (Å²) >= 11 is 0. The van der Waals surface area contributed by atoms with Crippen LogP contribution in [0.3, 0.4) is 0 Å². The van der Waals surface area contributed by atoms with Gasteiger partial charge in [0, 0.05) is 23.5 Å². The maximum absolute atomic E-state index is 4.75. The Balaban J connectivity index is 1.48. The van der Waals surface area contributed by atoms with Crippen LogP contribution in [0.1, 0.15) is 56.6 Å². The third-order valence-corrected chi connectivity index (χ3v) is 5.71. The second kappa shape index (κ2) is 6.37. The fraction of sp³-hybridized carbons (Fsp3) is 0.550. The van der Waals surface area contributed by atoms with Crippen molar-refractivity contribution in [3.05, 3.63) is 42.2 Å². The number of likely N-dealkylation sites (tertiary alicyclic amines) is 1. The molecular formula is C20H26N2. The van der Waals surface area contributed by atoms with Gasteiger partial charge in [0.25, 0.3) is 0 Å². The Kier molecular flexibility index (Phi) is 4.11. The molecule has 2 aliphatic rings. The molecule has 1 saturated heterocycles. The van der Waals surface area contributed by atoms with Crippen LogP contribution < -0.4 is 0 Å². The van der Waals surface area contributed by atoms with Gasteiger partial charge in [-0.05, 0) is 50.2 Å². The number of piperidine rings is 1. The molecule has 1 aromatic heterocycles. The lowest BCUT2D eigenvalue weighted by atomic mass is 9.87. The van der Waals surface area contributed by atoms with E-state index in [1.54, 1.807) is 0 Å². The highest BCUT2D eigenvalue weighted by Crippen LogP contribution is 2.33. The largest absolute Gasteiger partial charge is 0.300 e. The zero-order valence-corrected chi connectivity index (χ0v) is 13.4. The maximum Gasteiger partial charge on any atom is 0.0513 e. The fourth-order valence-electron chi connectivity index (χ4n) is 4.45. The highest BCUT2D eigenvalue weighted by molar-refractivity contribution is 5.84. The normalized spacial score (nSPS) is 22.2. The molecule has 1 aliphatic heterocycles. The van der Waals surface area contributed by atoms with Gasteiger partial charge in [-0.3, -0.25) is 4.98 Å². The van der Waals surface area contributed by atoms with Gasteiger partial charge < -0.3 is 4.90 Å². The van der Waals surface area contributed by atoms with E-state index in [-0.39, 0.29) is 0 Å². The quantitative estimate of drug-likeness (QED) is 0.795. The summed E-state index contributed by atoms with van der Waals surface area (Å²) in [6.07, 6.45) is 11.7. The Bertz CT molecular complexity index is 617. The Morgan fingerprint density at radius 2 is 1.64 bits per heavy atom. The average molecular weight is 294 g/mol. The first-order chi connectivity index (χ1) is 10.9. The second-order valence-corrected chi connectivity index (χ2v) is 7.02. The standard InChI is InChI=1S/C20H26N2/c1-2-7-18(8-3-1)22-14-11-17(12-15-22)20-19-9-5-4-6-16(19)10-13-21-20/h4-6,9-10,13,17-18H,1-3,7-8,11-12,14-15H2. The zero-order chi connectivity index (χ0) is 14.8. The summed E-state index contributed by atoms with van der Waals surface area (Å²) in [4.78, 5) is 7.51. The van der Waals surface area contributed by atoms with Gasteiger partial charge in [-0.2, -0.15) is 0 Å². The summed E-state index contributed by atoms with van der Waals surface area (Å²) in [5.74, 6) is 0.644. The summed E-state index contributed by atoms with van der Waals surface area (Å²) in [6, 6.07) is 11.7. The fourth-order valence-corrected chi connectivity index (χ4v) is 4.45. The predicted octanol–water partition coefficient (Wildman–Crippen LogP) is 4.75. The summed E-state index contributed by atoms with van der Waals surface area (Å²) < 4.78 is 0. The first-order valence-electron chi connectivity index (χ1n) is 8.99. The van der Waals surface area contributed by atoms with Crippen LogP contribution in [0.4, 0.5) is 0 Å². The maximum atomic E-state index is 4.75. The SMILES string of the molecule is c1ccc2c(C3CCN(C4CCCCC4)CC3)nccc2c1. The first-order valence-corrected chi connectivity index (χ1v) is 8.99. The number of benzene rings is 1. The van der Waals surface area contributed by atoms with Crippen molar-refractivity contribution in [1.29, 1.82) is 0 Å². The molecule has 1 saturated carbocycles. The van der Waals surface area contributed by atoms with Crippen molar-refractivity contribution in [2.24, 2.45) is 0 Å². The second-order valence-electron chi connectivity index (χ2n) is 7.02. The van der Waals surface area contributed by atoms with Gasteiger partial charge in [0.15, 0.2) is 0 Å². The van der Waals surface area contributed by atoms with Gasteiger partial charge in [0.05, 0.1) is 5.69 Å². The Labute approximate surface area is 133 Å². The van der Waals surface area contributed by atoms with Gasteiger partial charge in [-0.15, -0.1) is 0 Å². The molecule has 1 aromatic carbocycles. The number of fused-ring (bicyclic) bond motifs is 1. The minimum Gasteiger partial charge on any atom is -0.300 e. The van der Waals surface area contributed by atoms with Gasteiger partial charge >= 0.3 is 0 Å². The van der Waals surface area contributed by atoms with Crippen LogP contribution in [0.2, 0.25) is 0 Å². The molecule has 2 nitrogen and oxygen atoms in total. The molecule has 0 radical (unpaired) electrons. The third-order valence-electron chi connectivity index (χ3n) is 5.71. The number of rotatable bonds is 2. The van der Waals surface area contributed by atoms with E-state index in [0.29, 0.717) is 5.92 Å². The number of nitrogens with zero attached hydrogens (tertiary/aromatic N) is 2. The third kappa shape index (κ3) is 2.77. The Hall–Kier alpha value is -1.41. The van der Waals surface area contributed by atoms with E-state index in [0.717, 1.165) is 6.04 Å². The molecule has 2 fully saturated rings. The van der Waals surface area contributed by atoms with Crippen LogP contribution in [-0.4, -0.2) is 29.0 Å². The molecule has 2 heterocycles. The summed E-state index contributed by atoms with van der Waals surface area (Å²) in [7, 11) is 0. The summed E-state index contributed by atoms with van der Waals surface area (Å²) in [5, 5.41) is 2.70. The van der Waals surface area contributed by atoms with Crippen molar-refractivity contribution in [1.82, 2.24) is 9.88 Å². The van der Waals surface area contributed by atoms with Crippen LogP contribution >= 0.6 is 0 Å². The van der Waals surface area contributed by atoms with E-state index in [1.807, 2.05) is 6.20 Å². The van der Waals surface area contributed by atoms with Crippen molar-refractivity contribution in [3.8, 4) is 0 Å². The lowest BCUT2D eigenvalue weighted by molar-refractivity contribution is 0.121. The van der Waals surface area contributed by atoms with E-state index >= 15 is 0 Å². The molecule has 2 aromatic rings. The molecule has 2 heteroatoms. The van der Waals surface area contributed by atoms with Gasteiger partial charge in [0.2, 0.25) is 0 Å². The molecule has 0 amide bonds. The molecule has 0 N–H and O–H groups in total. The summed E-state index contributed by atoms with van der Waals surface area (Å²) in [5.41, 5.74) is 1.33. The van der Waals surface area contributed by atoms with E-state index in [9.17, 15) is 0 Å². The molecule has 116 valence electrons. The molecule has 1 aliphatic carbocycles. The molecule has 0 bridgehead atoms. The highest BCUT2D eigenvalue weighted by Gasteiger charge is 2.27. The number of hydrogen-bond donors (Lipinski definition) is 0. The van der Waals surface area contributed by atoms with Gasteiger partial charge in [-0.1, -0.05) is 43.5 Å². The van der Waals surface area contributed by atoms with Crippen LogP contribution in [0, 0.1) is 0 Å². The number of pyridine rings is 1. The number of hydrogen-bond acceptors (Lipinski definition) is 2. The first kappa shape index (κ1) is 14.2. The molecule has 0 unspecified atom stereocenters. The van der Waals surface area contributed by atoms with E-state index in [2.05, 4.69) is 35.2 Å². The monoisotopic (exact) mass is 294 g/mol. The molecule has 4 rings (SSSR count). The van der Waals surface area contributed by atoms with Gasteiger partial charge in [0.1, 0.15) is 0 Å².